The molecule has 0 atom stereocenters. The fourth-order valence-corrected chi connectivity index (χ4v) is 4.82. The summed E-state index contributed by atoms with van der Waals surface area (Å²) in [7, 11) is 1.23. The Morgan fingerprint density at radius 1 is 1.30 bits per heavy atom. The van der Waals surface area contributed by atoms with Gasteiger partial charge in [0, 0.05) is 0 Å². The predicted octanol–water partition coefficient (Wildman–Crippen LogP) is 4.84. The Morgan fingerprint density at radius 3 is 2.63 bits per heavy atom. The Bertz CT molecular complexity index is 1080. The molecule has 154 valence electrons. The summed E-state index contributed by atoms with van der Waals surface area (Å²) in [5, 5.41) is -0.436. The average molecular weight is 555 g/mol. The highest BCUT2D eigenvalue weighted by Crippen LogP contribution is 2.38. The van der Waals surface area contributed by atoms with Crippen LogP contribution in [0.15, 0.2) is 42.5 Å². The van der Waals surface area contributed by atoms with Gasteiger partial charge in [0.15, 0.2) is 0 Å². The van der Waals surface area contributed by atoms with Gasteiger partial charge in [0.25, 0.3) is 11.1 Å². The predicted molar refractivity (Wildman–Crippen MR) is 118 cm³/mol. The Labute approximate surface area is 193 Å². The second-order valence-corrected chi connectivity index (χ2v) is 8.53. The summed E-state index contributed by atoms with van der Waals surface area (Å²) in [6.45, 7) is 0.0190. The van der Waals surface area contributed by atoms with Crippen molar-refractivity contribution in [2.75, 3.05) is 13.7 Å². The zero-order chi connectivity index (χ0) is 21.8. The molecule has 1 aliphatic rings. The molecule has 10 heteroatoms. The van der Waals surface area contributed by atoms with Gasteiger partial charge in [-0.05, 0) is 79.5 Å². The van der Waals surface area contributed by atoms with Crippen molar-refractivity contribution in [2.24, 2.45) is 0 Å². The minimum absolute atomic E-state index is 0.00291. The van der Waals surface area contributed by atoms with E-state index < -0.39 is 17.1 Å². The number of carbonyl (C=O) groups is 3. The summed E-state index contributed by atoms with van der Waals surface area (Å²) in [4.78, 5) is 37.8. The van der Waals surface area contributed by atoms with Crippen LogP contribution in [0.25, 0.3) is 6.08 Å². The summed E-state index contributed by atoms with van der Waals surface area (Å²) in [6, 6.07) is 6.44. The number of benzene rings is 1. The number of imide groups is 1. The molecule has 1 aromatic carbocycles. The minimum Gasteiger partial charge on any atom is -0.479 e. The molecular weight excluding hydrogens is 542 g/mol. The Hall–Kier alpha value is -2.48. The van der Waals surface area contributed by atoms with Crippen molar-refractivity contribution in [3.8, 4) is 18.1 Å². The van der Waals surface area contributed by atoms with Gasteiger partial charge in [-0.3, -0.25) is 14.5 Å². The lowest BCUT2D eigenvalue weighted by molar-refractivity contribution is -0.123. The van der Waals surface area contributed by atoms with Crippen LogP contribution in [-0.2, 0) is 16.1 Å². The van der Waals surface area contributed by atoms with E-state index >= 15 is 0 Å². The average Bonchev–Trinajstić information content (AvgIpc) is 3.27. The number of hydrogen-bond acceptors (Lipinski definition) is 7. The van der Waals surface area contributed by atoms with Crippen LogP contribution in [0.3, 0.4) is 0 Å². The molecular formula is C20H13Br2NO6S. The molecule has 30 heavy (non-hydrogen) atoms. The van der Waals surface area contributed by atoms with E-state index in [0.29, 0.717) is 26.0 Å². The number of halogens is 2. The molecule has 1 aliphatic heterocycles. The molecule has 0 spiro atoms. The first-order valence-electron chi connectivity index (χ1n) is 8.31. The van der Waals surface area contributed by atoms with E-state index in [1.54, 1.807) is 18.2 Å². The van der Waals surface area contributed by atoms with Crippen molar-refractivity contribution < 1.29 is 28.3 Å². The monoisotopic (exact) mass is 553 g/mol. The summed E-state index contributed by atoms with van der Waals surface area (Å²) in [6.07, 6.45) is 6.82. The molecule has 2 heterocycles. The zero-order valence-corrected chi connectivity index (χ0v) is 19.4. The second-order valence-electron chi connectivity index (χ2n) is 5.83. The number of methoxy groups -OCH3 is 1. The SMILES string of the molecule is C#CCOc1c(Br)cc(/C=C2/SC(=O)N(Cc3ccc(C(=O)OC)o3)C2=O)cc1Br. The van der Waals surface area contributed by atoms with Crippen LogP contribution in [-0.4, -0.2) is 35.7 Å². The quantitative estimate of drug-likeness (QED) is 0.287. The number of nitrogens with zero attached hydrogens (tertiary/aromatic N) is 1. The third kappa shape index (κ3) is 4.80. The summed E-state index contributed by atoms with van der Waals surface area (Å²) in [5.41, 5.74) is 0.679. The van der Waals surface area contributed by atoms with Crippen molar-refractivity contribution in [3.05, 3.63) is 55.2 Å². The molecule has 1 saturated heterocycles. The fraction of sp³-hybridized carbons (Fsp3) is 0.150. The van der Waals surface area contributed by atoms with E-state index in [-0.39, 0.29) is 23.8 Å². The van der Waals surface area contributed by atoms with Gasteiger partial charge in [0.2, 0.25) is 5.76 Å². The summed E-state index contributed by atoms with van der Waals surface area (Å²) < 4.78 is 16.7. The number of esters is 1. The van der Waals surface area contributed by atoms with Gasteiger partial charge in [0.05, 0.1) is 27.5 Å². The first-order valence-corrected chi connectivity index (χ1v) is 10.7. The van der Waals surface area contributed by atoms with Crippen LogP contribution >= 0.6 is 43.6 Å². The highest BCUT2D eigenvalue weighted by molar-refractivity contribution is 9.11. The van der Waals surface area contributed by atoms with Crippen LogP contribution in [0.1, 0.15) is 21.9 Å². The van der Waals surface area contributed by atoms with Gasteiger partial charge >= 0.3 is 5.97 Å². The zero-order valence-electron chi connectivity index (χ0n) is 15.4. The number of furan rings is 1. The van der Waals surface area contributed by atoms with E-state index in [0.717, 1.165) is 16.7 Å². The van der Waals surface area contributed by atoms with E-state index in [4.69, 9.17) is 15.6 Å². The van der Waals surface area contributed by atoms with Gasteiger partial charge in [0.1, 0.15) is 18.1 Å². The lowest BCUT2D eigenvalue weighted by Crippen LogP contribution is -2.27. The van der Waals surface area contributed by atoms with Crippen molar-refractivity contribution in [3.63, 3.8) is 0 Å². The number of carbonyl (C=O) groups excluding carboxylic acids is 3. The molecule has 0 saturated carbocycles. The maximum atomic E-state index is 12.7. The molecule has 2 aromatic rings. The number of hydrogen-bond donors (Lipinski definition) is 0. The highest BCUT2D eigenvalue weighted by Gasteiger charge is 2.35. The van der Waals surface area contributed by atoms with Gasteiger partial charge < -0.3 is 13.9 Å². The van der Waals surface area contributed by atoms with Gasteiger partial charge in [-0.15, -0.1) is 6.42 Å². The van der Waals surface area contributed by atoms with Crippen LogP contribution in [0, 0.1) is 12.3 Å². The van der Waals surface area contributed by atoms with Gasteiger partial charge in [-0.1, -0.05) is 5.92 Å². The Balaban J connectivity index is 1.79. The molecule has 0 bridgehead atoms. The fourth-order valence-electron chi connectivity index (χ4n) is 2.53. The van der Waals surface area contributed by atoms with E-state index in [2.05, 4.69) is 42.5 Å². The molecule has 0 unspecified atom stereocenters. The number of terminal acetylenes is 1. The third-order valence-corrected chi connectivity index (χ3v) is 5.94. The number of rotatable bonds is 6. The molecule has 0 radical (unpaired) electrons. The van der Waals surface area contributed by atoms with Crippen LogP contribution in [0.2, 0.25) is 0 Å². The van der Waals surface area contributed by atoms with Crippen molar-refractivity contribution in [1.29, 1.82) is 0 Å². The first-order chi connectivity index (χ1) is 14.3. The van der Waals surface area contributed by atoms with Crippen LogP contribution in [0.4, 0.5) is 4.79 Å². The van der Waals surface area contributed by atoms with Crippen LogP contribution < -0.4 is 4.74 Å². The molecule has 1 fully saturated rings. The first kappa shape index (κ1) is 22.2. The number of ether oxygens (including phenoxy) is 2. The van der Waals surface area contributed by atoms with Crippen molar-refractivity contribution in [2.45, 2.75) is 6.54 Å². The maximum Gasteiger partial charge on any atom is 0.373 e. The molecule has 7 nitrogen and oxygen atoms in total. The largest absolute Gasteiger partial charge is 0.479 e. The normalized spacial score (nSPS) is 14.9. The number of amides is 2. The second kappa shape index (κ2) is 9.55. The topological polar surface area (TPSA) is 86.1 Å². The highest BCUT2D eigenvalue weighted by atomic mass is 79.9. The third-order valence-electron chi connectivity index (χ3n) is 3.85. The number of thioether (sulfide) groups is 1. The Morgan fingerprint density at radius 2 is 2.00 bits per heavy atom. The van der Waals surface area contributed by atoms with Crippen molar-refractivity contribution in [1.82, 2.24) is 4.90 Å². The lowest BCUT2D eigenvalue weighted by atomic mass is 10.2. The van der Waals surface area contributed by atoms with Gasteiger partial charge in [-0.2, -0.15) is 0 Å². The minimum atomic E-state index is -0.638. The Kier molecular flexibility index (Phi) is 7.07. The standard InChI is InChI=1S/C20H13Br2NO6S/c1-3-6-28-17-13(21)7-11(8-14(17)22)9-16-18(24)23(20(26)30-16)10-12-4-5-15(29-12)19(25)27-2/h1,4-5,7-9H,6,10H2,2H3/b16-9+. The molecule has 0 aliphatic carbocycles. The maximum absolute atomic E-state index is 12.7. The summed E-state index contributed by atoms with van der Waals surface area (Å²) in [5.74, 6) is 2.12. The molecule has 1 aromatic heterocycles. The lowest BCUT2D eigenvalue weighted by Gasteiger charge is -2.10. The smallest absolute Gasteiger partial charge is 0.373 e. The van der Waals surface area contributed by atoms with E-state index in [1.807, 2.05) is 0 Å². The molecule has 0 N–H and O–H groups in total. The van der Waals surface area contributed by atoms with E-state index in [9.17, 15) is 14.4 Å². The molecule has 2 amide bonds. The summed E-state index contributed by atoms with van der Waals surface area (Å²) >= 11 is 7.64. The molecule has 3 rings (SSSR count). The van der Waals surface area contributed by atoms with E-state index in [1.165, 1.54) is 19.2 Å². The van der Waals surface area contributed by atoms with Gasteiger partial charge in [-0.25, -0.2) is 4.79 Å². The van der Waals surface area contributed by atoms with Crippen LogP contribution in [0.5, 0.6) is 5.75 Å². The van der Waals surface area contributed by atoms with Crippen molar-refractivity contribution >= 4 is 66.8 Å².